The molecule has 3 fully saturated rings. The Morgan fingerprint density at radius 3 is 2.44 bits per heavy atom. The average molecular weight is 610 g/mol. The van der Waals surface area contributed by atoms with Gasteiger partial charge in [-0.25, -0.2) is 9.97 Å². The number of Topliss-reactive ketones (excluding diaryl/α,β-unsaturated/α-hetero) is 1. The van der Waals surface area contributed by atoms with Crippen molar-refractivity contribution in [3.05, 3.63) is 71.8 Å². The Hall–Kier alpha value is -3.85. The second kappa shape index (κ2) is 13.6. The summed E-state index contributed by atoms with van der Waals surface area (Å²) in [5.74, 6) is 0.829. The van der Waals surface area contributed by atoms with Gasteiger partial charge in [0.2, 0.25) is 0 Å². The van der Waals surface area contributed by atoms with E-state index in [2.05, 4.69) is 63.2 Å². The maximum absolute atomic E-state index is 12.9. The molecule has 3 aromatic rings. The number of ketones is 1. The number of benzene rings is 1. The third-order valence-electron chi connectivity index (χ3n) is 10.6. The van der Waals surface area contributed by atoms with Crippen LogP contribution in [0.1, 0.15) is 93.3 Å². The fraction of sp³-hybridized carbons (Fsp3) is 0.528. The monoisotopic (exact) mass is 609 g/mol. The van der Waals surface area contributed by atoms with E-state index in [0.717, 1.165) is 36.7 Å². The first-order valence-electron chi connectivity index (χ1n) is 16.7. The highest BCUT2D eigenvalue weighted by atomic mass is 16.1. The van der Waals surface area contributed by atoms with Gasteiger partial charge in [-0.15, -0.1) is 0 Å². The van der Waals surface area contributed by atoms with Crippen LogP contribution >= 0.6 is 0 Å². The number of anilines is 3. The number of nitrogens with one attached hydrogen (secondary N) is 1. The van der Waals surface area contributed by atoms with E-state index in [0.29, 0.717) is 24.5 Å². The van der Waals surface area contributed by atoms with E-state index < -0.39 is 5.91 Å². The van der Waals surface area contributed by atoms with Gasteiger partial charge in [-0.1, -0.05) is 38.0 Å². The first-order chi connectivity index (χ1) is 21.8. The molecule has 2 aliphatic heterocycles. The van der Waals surface area contributed by atoms with E-state index >= 15 is 0 Å². The highest BCUT2D eigenvalue weighted by Gasteiger charge is 2.35. The molecular weight excluding hydrogens is 562 g/mol. The molecule has 0 spiro atoms. The Balaban J connectivity index is 1.13. The molecule has 1 saturated carbocycles. The van der Waals surface area contributed by atoms with Crippen molar-refractivity contribution in [1.29, 1.82) is 0 Å². The molecule has 0 bridgehead atoms. The summed E-state index contributed by atoms with van der Waals surface area (Å²) in [6.07, 6.45) is 15.8. The predicted molar refractivity (Wildman–Crippen MR) is 178 cm³/mol. The molecule has 3 aliphatic rings. The molecule has 2 saturated heterocycles. The first-order valence-corrected chi connectivity index (χ1v) is 16.7. The van der Waals surface area contributed by atoms with Crippen LogP contribution in [0.4, 0.5) is 17.3 Å². The number of aromatic nitrogens is 3. The smallest absolute Gasteiger partial charge is 0.271 e. The number of pyridine rings is 1. The topological polar surface area (TPSA) is 117 Å². The number of hydrogen-bond acceptors (Lipinski definition) is 8. The van der Waals surface area contributed by atoms with Gasteiger partial charge in [0.15, 0.2) is 11.5 Å². The predicted octanol–water partition coefficient (Wildman–Crippen LogP) is 5.82. The molecule has 9 nitrogen and oxygen atoms in total. The van der Waals surface area contributed by atoms with Crippen LogP contribution in [0.15, 0.2) is 55.0 Å². The SMILES string of the molecule is C[C@@H]1[C@H](CC(=O)Cc2cccnc2)CCCN1c1cnc(C(N)=O)c(Nc2ccc(C3(C)CCN(C4CCCC4)CC3)cc2)n1. The number of rotatable bonds is 10. The van der Waals surface area contributed by atoms with Crippen LogP contribution in [0.3, 0.4) is 0 Å². The van der Waals surface area contributed by atoms with E-state index in [1.807, 2.05) is 12.1 Å². The fourth-order valence-corrected chi connectivity index (χ4v) is 7.73. The highest BCUT2D eigenvalue weighted by Crippen LogP contribution is 2.38. The largest absolute Gasteiger partial charge is 0.364 e. The van der Waals surface area contributed by atoms with E-state index in [9.17, 15) is 9.59 Å². The normalized spacial score (nSPS) is 22.3. The number of nitrogens with zero attached hydrogens (tertiary/aromatic N) is 5. The minimum atomic E-state index is -0.625. The number of primary amides is 1. The van der Waals surface area contributed by atoms with Crippen LogP contribution in [0.5, 0.6) is 0 Å². The van der Waals surface area contributed by atoms with Gasteiger partial charge >= 0.3 is 0 Å². The molecule has 1 amide bonds. The lowest BCUT2D eigenvalue weighted by molar-refractivity contribution is -0.119. The van der Waals surface area contributed by atoms with Crippen LogP contribution in [0.25, 0.3) is 0 Å². The zero-order valence-electron chi connectivity index (χ0n) is 26.8. The number of carbonyl (C=O) groups excluding carboxylic acids is 2. The van der Waals surface area contributed by atoms with Crippen LogP contribution in [-0.4, -0.2) is 63.3 Å². The summed E-state index contributed by atoms with van der Waals surface area (Å²) in [6.45, 7) is 7.68. The molecule has 238 valence electrons. The summed E-state index contributed by atoms with van der Waals surface area (Å²) in [5, 5.41) is 3.34. The van der Waals surface area contributed by atoms with Crippen molar-refractivity contribution in [1.82, 2.24) is 19.9 Å². The van der Waals surface area contributed by atoms with Gasteiger partial charge in [0.1, 0.15) is 11.6 Å². The Morgan fingerprint density at radius 2 is 1.76 bits per heavy atom. The zero-order valence-corrected chi connectivity index (χ0v) is 26.8. The second-order valence-electron chi connectivity index (χ2n) is 13.6. The van der Waals surface area contributed by atoms with E-state index in [1.54, 1.807) is 18.6 Å². The van der Waals surface area contributed by atoms with Gasteiger partial charge in [-0.05, 0) is 99.2 Å². The van der Waals surface area contributed by atoms with Gasteiger partial charge in [0, 0.05) is 49.6 Å². The zero-order chi connectivity index (χ0) is 31.4. The van der Waals surface area contributed by atoms with Crippen LogP contribution in [-0.2, 0) is 16.6 Å². The summed E-state index contributed by atoms with van der Waals surface area (Å²) in [4.78, 5) is 43.6. The van der Waals surface area contributed by atoms with E-state index in [-0.39, 0.29) is 28.9 Å². The molecule has 1 aliphatic carbocycles. The first kappa shape index (κ1) is 31.1. The summed E-state index contributed by atoms with van der Waals surface area (Å²) in [6, 6.07) is 13.2. The van der Waals surface area contributed by atoms with Crippen molar-refractivity contribution < 1.29 is 9.59 Å². The van der Waals surface area contributed by atoms with Gasteiger partial charge in [-0.3, -0.25) is 14.6 Å². The molecular formula is C36H47N7O2. The third-order valence-corrected chi connectivity index (χ3v) is 10.6. The van der Waals surface area contributed by atoms with Crippen LogP contribution < -0.4 is 16.0 Å². The maximum Gasteiger partial charge on any atom is 0.271 e. The van der Waals surface area contributed by atoms with Crippen molar-refractivity contribution >= 4 is 29.0 Å². The number of nitrogens with two attached hydrogens (primary N) is 1. The second-order valence-corrected chi connectivity index (χ2v) is 13.6. The van der Waals surface area contributed by atoms with Gasteiger partial charge in [0.25, 0.3) is 5.91 Å². The summed E-state index contributed by atoms with van der Waals surface area (Å²) in [5.41, 5.74) is 9.12. The highest BCUT2D eigenvalue weighted by molar-refractivity contribution is 5.96. The van der Waals surface area contributed by atoms with E-state index in [1.165, 1.54) is 57.2 Å². The number of hydrogen-bond donors (Lipinski definition) is 2. The summed E-state index contributed by atoms with van der Waals surface area (Å²) >= 11 is 0. The number of amides is 1. The van der Waals surface area contributed by atoms with Crippen molar-refractivity contribution in [2.24, 2.45) is 11.7 Å². The lowest BCUT2D eigenvalue weighted by Gasteiger charge is -2.42. The van der Waals surface area contributed by atoms with Crippen LogP contribution in [0, 0.1) is 5.92 Å². The Bertz CT molecular complexity index is 1460. The van der Waals surface area contributed by atoms with Crippen molar-refractivity contribution in [2.45, 2.75) is 95.6 Å². The molecule has 9 heteroatoms. The van der Waals surface area contributed by atoms with Crippen molar-refractivity contribution in [2.75, 3.05) is 29.9 Å². The number of piperidine rings is 2. The molecule has 3 N–H and O–H groups in total. The molecule has 0 unspecified atom stereocenters. The van der Waals surface area contributed by atoms with Crippen LogP contribution in [0.2, 0.25) is 0 Å². The molecule has 6 rings (SSSR count). The molecule has 4 heterocycles. The van der Waals surface area contributed by atoms with Crippen molar-refractivity contribution in [3.8, 4) is 0 Å². The van der Waals surface area contributed by atoms with Crippen molar-refractivity contribution in [3.63, 3.8) is 0 Å². The average Bonchev–Trinajstić information content (AvgIpc) is 3.58. The van der Waals surface area contributed by atoms with Gasteiger partial charge in [-0.2, -0.15) is 0 Å². The quantitative estimate of drug-likeness (QED) is 0.296. The lowest BCUT2D eigenvalue weighted by atomic mass is 9.74. The summed E-state index contributed by atoms with van der Waals surface area (Å²) in [7, 11) is 0. The molecule has 1 aromatic carbocycles. The Kier molecular flexibility index (Phi) is 9.45. The number of likely N-dealkylation sites (tertiary alicyclic amines) is 1. The third kappa shape index (κ3) is 7.19. The Morgan fingerprint density at radius 1 is 1.00 bits per heavy atom. The minimum absolute atomic E-state index is 0.0956. The molecule has 0 radical (unpaired) electrons. The molecule has 2 aromatic heterocycles. The minimum Gasteiger partial charge on any atom is -0.364 e. The standard InChI is InChI=1S/C36H47N7O2/c1-25-27(22-31(44)21-26-7-5-17-38-23-26)8-6-18-43(25)32-24-39-33(34(37)45)35(41-32)40-29-13-11-28(12-14-29)36(2)15-19-42(20-16-36)30-9-3-4-10-30/h5,7,11-14,17,23-25,27,30H,3-4,6,8-10,15-16,18-22H2,1-2H3,(H2,37,45)(H,40,41)/t25-,27+/m1/s1. The van der Waals surface area contributed by atoms with Gasteiger partial charge < -0.3 is 20.9 Å². The number of carbonyl (C=O) groups is 2. The van der Waals surface area contributed by atoms with E-state index in [4.69, 9.17) is 10.7 Å². The molecule has 2 atom stereocenters. The fourth-order valence-electron chi connectivity index (χ4n) is 7.73. The lowest BCUT2D eigenvalue weighted by Crippen LogP contribution is -2.45. The Labute approximate surface area is 267 Å². The maximum atomic E-state index is 12.9. The summed E-state index contributed by atoms with van der Waals surface area (Å²) < 4.78 is 0. The van der Waals surface area contributed by atoms with Gasteiger partial charge in [0.05, 0.1) is 6.20 Å². The molecule has 45 heavy (non-hydrogen) atoms.